The fraction of sp³-hybridized carbons (Fsp3) is 0.630. The van der Waals surface area contributed by atoms with Gasteiger partial charge in [0.25, 0.3) is 17.7 Å². The minimum Gasteiger partial charge on any atom is -0.505 e. The number of rotatable bonds is 51. The molecule has 0 bridgehead atoms. The van der Waals surface area contributed by atoms with E-state index in [1.807, 2.05) is 6.92 Å². The number of carbonyl (C=O) groups is 12. The molecule has 9 amide bonds. The van der Waals surface area contributed by atoms with Crippen LogP contribution in [0.25, 0.3) is 0 Å². The molecular weight excluding hydrogens is 1570 g/mol. The number of ether oxygens (including phenoxy) is 12. The highest BCUT2D eigenvalue weighted by atomic mass is 16.6. The van der Waals surface area contributed by atoms with Crippen LogP contribution >= 0.6 is 0 Å². The highest BCUT2D eigenvalue weighted by Gasteiger charge is 2.66. The van der Waals surface area contributed by atoms with Crippen LogP contribution in [0, 0.1) is 40.4 Å². The number of esters is 3. The standard InChI is InChI=1S/C81H120N12O27/c1-8-9-10-11-22-81(4,120-78(108)52(84)41-63(96)90-27-30-114-33-36-117-44-66(99)93-55-15-18-58(111-7)69(72(55)102)75(87)105)60-19-12-47-46-38-59(119-77(107)51(83)40-62(95)89-26-29-113-32-35-116-43-65(98)92-54-14-17-57(110-6)68(71(54)101)74(86)104)49-37-45(20-23-79(49,2)48(46)21-24-80(47,60)3)118-76(106)50(82)39-61(94)88-25-28-112-31-34-115-42-64(97)91-53-13-16-56(109-5)67(70(53)100)73(85)103/h13-18,45-52,59-60,100-102H,8-12,19-44,82-84H2,1-7H3,(H2,85,103)(H2,86,104)(H2,87,105)(H,88,94)(H,89,95)(H,90,96)(H,91,97)(H,92,98)(H,93,99)/t45-,46-,47-,48-,49+,50-,51+,52+,59-,60-,79+,80-,81-/m0/s1. The molecule has 0 aliphatic heterocycles. The van der Waals surface area contributed by atoms with Crippen molar-refractivity contribution in [1.29, 1.82) is 0 Å². The van der Waals surface area contributed by atoms with Gasteiger partial charge in [0.1, 0.15) is 89.7 Å². The number of carbonyl (C=O) groups excluding carboxylic acids is 12. The maximum atomic E-state index is 14.4. The number of nitrogens with one attached hydrogen (secondary N) is 6. The summed E-state index contributed by atoms with van der Waals surface area (Å²) in [5.41, 5.74) is 32.4. The Bertz CT molecular complexity index is 4060. The second-order valence-electron chi connectivity index (χ2n) is 31.1. The first-order chi connectivity index (χ1) is 57.1. The van der Waals surface area contributed by atoms with Crippen molar-refractivity contribution in [2.45, 2.75) is 166 Å². The van der Waals surface area contributed by atoms with E-state index >= 15 is 0 Å². The Kier molecular flexibility index (Phi) is 37.5. The lowest BCUT2D eigenvalue weighted by Crippen LogP contribution is -2.60. The number of primary amides is 3. The maximum Gasteiger partial charge on any atom is 0.323 e. The molecule has 7 rings (SSSR count). The van der Waals surface area contributed by atoms with Crippen LogP contribution in [0.3, 0.4) is 0 Å². The molecule has 666 valence electrons. The molecule has 39 nitrogen and oxygen atoms in total. The minimum atomic E-state index is -1.40. The number of unbranched alkanes of at least 4 members (excludes halogenated alkanes) is 3. The first-order valence-corrected chi connectivity index (χ1v) is 40.3. The van der Waals surface area contributed by atoms with E-state index in [0.29, 0.717) is 32.1 Å². The number of nitrogens with two attached hydrogens (primary N) is 6. The molecule has 21 N–H and O–H groups in total. The number of amides is 9. The first-order valence-electron chi connectivity index (χ1n) is 40.3. The van der Waals surface area contributed by atoms with Crippen molar-refractivity contribution in [3.63, 3.8) is 0 Å². The highest BCUT2D eigenvalue weighted by Crippen LogP contribution is 2.70. The van der Waals surface area contributed by atoms with E-state index in [1.54, 1.807) is 0 Å². The maximum absolute atomic E-state index is 14.4. The summed E-state index contributed by atoms with van der Waals surface area (Å²) in [5.74, 6) is -10.9. The van der Waals surface area contributed by atoms with Gasteiger partial charge < -0.3 is 138 Å². The Hall–Kier alpha value is -10.3. The Morgan fingerprint density at radius 2 is 0.842 bits per heavy atom. The molecule has 4 saturated carbocycles. The van der Waals surface area contributed by atoms with E-state index in [4.69, 9.17) is 91.2 Å². The predicted octanol–water partition coefficient (Wildman–Crippen LogP) is 2.31. The number of anilines is 3. The summed E-state index contributed by atoms with van der Waals surface area (Å²) in [6.07, 6.45) is 6.05. The SMILES string of the molecule is CCCCCC[C@](C)(OC(=O)[C@H](N)CC(=O)NCCOCCOCC(=O)Nc1ccc(OC)c(C(N)=O)c1O)[C@H]1CC[C@H]2[C@@H]3C[C@H](OC(=O)[C@H](N)CC(=O)NCCOCCOCC(=O)Nc4ccc(OC)c(C(N)=O)c4O)[C@H]4C[C@@H](OC(=O)[C@@H](N)CC(=O)NCCOCCOCC(=O)Nc5ccc(OC)c(C(N)=O)c5O)CC[C@]4(C)[C@H]3CC[C@@]21C. The highest BCUT2D eigenvalue weighted by molar-refractivity contribution is 6.05. The van der Waals surface area contributed by atoms with Gasteiger partial charge in [0.05, 0.1) is 117 Å². The van der Waals surface area contributed by atoms with Gasteiger partial charge in [-0.3, -0.25) is 57.5 Å². The van der Waals surface area contributed by atoms with Crippen LogP contribution in [-0.2, 0) is 85.8 Å². The van der Waals surface area contributed by atoms with Gasteiger partial charge >= 0.3 is 17.9 Å². The summed E-state index contributed by atoms with van der Waals surface area (Å²) >= 11 is 0. The average Bonchev–Trinajstić information content (AvgIpc) is 1.46. The minimum absolute atomic E-state index is 0.00816. The van der Waals surface area contributed by atoms with Crippen molar-refractivity contribution in [3.8, 4) is 34.5 Å². The zero-order valence-corrected chi connectivity index (χ0v) is 69.3. The summed E-state index contributed by atoms with van der Waals surface area (Å²) in [7, 11) is 3.87. The Morgan fingerprint density at radius 3 is 1.24 bits per heavy atom. The third kappa shape index (κ3) is 26.6. The molecule has 4 aliphatic carbocycles. The first kappa shape index (κ1) is 96.9. The van der Waals surface area contributed by atoms with E-state index in [1.165, 1.54) is 57.7 Å². The number of hydrogen-bond donors (Lipinski definition) is 15. The lowest BCUT2D eigenvalue weighted by atomic mass is 9.43. The molecule has 0 unspecified atom stereocenters. The summed E-state index contributed by atoms with van der Waals surface area (Å²) in [6, 6.07) is 4.00. The predicted molar refractivity (Wildman–Crippen MR) is 431 cm³/mol. The lowest BCUT2D eigenvalue weighted by molar-refractivity contribution is -0.205. The Labute approximate surface area is 696 Å². The molecule has 3 aromatic rings. The molecule has 3 aromatic carbocycles. The van der Waals surface area contributed by atoms with Crippen molar-refractivity contribution in [1.82, 2.24) is 16.0 Å². The van der Waals surface area contributed by atoms with Crippen molar-refractivity contribution in [2.24, 2.45) is 74.8 Å². The van der Waals surface area contributed by atoms with Crippen LogP contribution in [0.5, 0.6) is 34.5 Å². The largest absolute Gasteiger partial charge is 0.505 e. The van der Waals surface area contributed by atoms with E-state index in [9.17, 15) is 72.9 Å². The monoisotopic (exact) mass is 1690 g/mol. The van der Waals surface area contributed by atoms with Gasteiger partial charge in [0, 0.05) is 31.5 Å². The van der Waals surface area contributed by atoms with Gasteiger partial charge in [-0.05, 0) is 136 Å². The normalized spacial score (nSPS) is 21.5. The van der Waals surface area contributed by atoms with Gasteiger partial charge in [-0.2, -0.15) is 0 Å². The molecular formula is C81H120N12O27. The molecule has 0 spiro atoms. The van der Waals surface area contributed by atoms with Crippen LogP contribution in [0.4, 0.5) is 17.1 Å². The number of aromatic hydroxyl groups is 3. The van der Waals surface area contributed by atoms with Crippen molar-refractivity contribution in [2.75, 3.05) is 136 Å². The third-order valence-corrected chi connectivity index (χ3v) is 23.0. The molecule has 120 heavy (non-hydrogen) atoms. The zero-order chi connectivity index (χ0) is 88.0. The van der Waals surface area contributed by atoms with Gasteiger partial charge in [0.2, 0.25) is 35.4 Å². The number of fused-ring (bicyclic) bond motifs is 5. The summed E-state index contributed by atoms with van der Waals surface area (Å²) < 4.78 is 67.2. The molecule has 4 aliphatic rings. The molecule has 0 heterocycles. The fourth-order valence-electron chi connectivity index (χ4n) is 17.3. The summed E-state index contributed by atoms with van der Waals surface area (Å²) in [5, 5.41) is 46.8. The smallest absolute Gasteiger partial charge is 0.323 e. The van der Waals surface area contributed by atoms with Gasteiger partial charge in [-0.15, -0.1) is 0 Å². The Balaban J connectivity index is 0.927. The Morgan fingerprint density at radius 1 is 0.458 bits per heavy atom. The summed E-state index contributed by atoms with van der Waals surface area (Å²) in [6.45, 7) is 7.53. The van der Waals surface area contributed by atoms with Crippen LogP contribution < -0.4 is 80.5 Å². The van der Waals surface area contributed by atoms with E-state index < -0.39 is 168 Å². The average molecular weight is 1690 g/mol. The van der Waals surface area contributed by atoms with Gasteiger partial charge in [-0.25, -0.2) is 0 Å². The molecule has 13 atom stereocenters. The van der Waals surface area contributed by atoms with E-state index in [0.717, 1.165) is 44.9 Å². The topological polar surface area (TPSA) is 605 Å². The van der Waals surface area contributed by atoms with Gasteiger partial charge in [0.15, 0.2) is 17.2 Å². The van der Waals surface area contributed by atoms with E-state index in [2.05, 4.69) is 52.7 Å². The second kappa shape index (κ2) is 46.5. The van der Waals surface area contributed by atoms with Crippen LogP contribution in [0.1, 0.15) is 162 Å². The summed E-state index contributed by atoms with van der Waals surface area (Å²) in [4.78, 5) is 156. The van der Waals surface area contributed by atoms with Crippen molar-refractivity contribution >= 4 is 88.1 Å². The lowest BCUT2D eigenvalue weighted by Gasteiger charge is -2.63. The third-order valence-electron chi connectivity index (χ3n) is 23.0. The molecule has 0 radical (unpaired) electrons. The second-order valence-corrected chi connectivity index (χ2v) is 31.1. The number of phenols is 3. The number of hydrogen-bond acceptors (Lipinski definition) is 30. The number of benzene rings is 3. The number of methoxy groups -OCH3 is 3. The molecule has 0 aromatic heterocycles. The fourth-order valence-corrected chi connectivity index (χ4v) is 17.3. The molecule has 4 fully saturated rings. The molecule has 0 saturated heterocycles. The zero-order valence-electron chi connectivity index (χ0n) is 69.3. The molecule has 39 heteroatoms. The van der Waals surface area contributed by atoms with Crippen molar-refractivity contribution < 1.29 is 130 Å². The van der Waals surface area contributed by atoms with Crippen LogP contribution in [0.2, 0.25) is 0 Å². The van der Waals surface area contributed by atoms with Gasteiger partial charge in [-0.1, -0.05) is 40.0 Å². The quantitative estimate of drug-likeness (QED) is 0.0167. The van der Waals surface area contributed by atoms with Crippen LogP contribution in [0.15, 0.2) is 36.4 Å². The van der Waals surface area contributed by atoms with E-state index in [-0.39, 0.29) is 173 Å². The van der Waals surface area contributed by atoms with Crippen LogP contribution in [-0.4, -0.2) is 243 Å². The van der Waals surface area contributed by atoms with Crippen molar-refractivity contribution in [3.05, 3.63) is 53.1 Å².